The molecule has 0 saturated carbocycles. The van der Waals surface area contributed by atoms with Gasteiger partial charge in [0.15, 0.2) is 17.3 Å². The first-order chi connectivity index (χ1) is 22.3. The molecule has 0 aromatic rings. The number of hydrogen-bond acceptors (Lipinski definition) is 7. The van der Waals surface area contributed by atoms with Crippen molar-refractivity contribution < 1.29 is 28.8 Å². The molecule has 2 amide bonds. The van der Waals surface area contributed by atoms with Crippen LogP contribution in [0.4, 0.5) is 0 Å². The maximum absolute atomic E-state index is 11.5. The smallest absolute Gasteiger partial charge is 0.246 e. The molecular weight excluding hydrogens is 654 g/mol. The SMILES string of the molecule is C/C=C/C(=O)C(C)(C)C.C=C(C)C(=O)C(C)C.C=CC(=O)N(C)CC(=O)C(C)(C)C.CC(C)C(=O)CCl.CN(C)C/C=C/C(=O)NC(C)(C)C. The minimum atomic E-state index is -0.393. The summed E-state index contributed by atoms with van der Waals surface area (Å²) in [5.74, 6) is 0.594. The molecule has 1 N–H and O–H groups in total. The molecule has 0 heterocycles. The van der Waals surface area contributed by atoms with E-state index in [1.807, 2.05) is 122 Å². The fraction of sp³-hybridized carbons (Fsp3) is 0.650. The molecule has 0 radical (unpaired) electrons. The second-order valence-electron chi connectivity index (χ2n) is 15.6. The maximum Gasteiger partial charge on any atom is 0.246 e. The van der Waals surface area contributed by atoms with Gasteiger partial charge in [0.2, 0.25) is 11.8 Å². The number of hydrogen-bond donors (Lipinski definition) is 1. The topological polar surface area (TPSA) is 121 Å². The molecule has 50 heavy (non-hydrogen) atoms. The fourth-order valence-corrected chi connectivity index (χ4v) is 2.83. The van der Waals surface area contributed by atoms with E-state index in [1.54, 1.807) is 32.2 Å². The lowest BCUT2D eigenvalue weighted by Crippen LogP contribution is -2.39. The third kappa shape index (κ3) is 39.3. The molecule has 290 valence electrons. The van der Waals surface area contributed by atoms with Gasteiger partial charge in [-0.05, 0) is 66.4 Å². The van der Waals surface area contributed by atoms with Crippen molar-refractivity contribution in [2.75, 3.05) is 40.1 Å². The van der Waals surface area contributed by atoms with Gasteiger partial charge >= 0.3 is 0 Å². The van der Waals surface area contributed by atoms with Crippen LogP contribution in [0, 0.1) is 22.7 Å². The Labute approximate surface area is 311 Å². The van der Waals surface area contributed by atoms with E-state index in [9.17, 15) is 28.8 Å². The number of halogens is 1. The van der Waals surface area contributed by atoms with Crippen LogP contribution in [0.2, 0.25) is 0 Å². The van der Waals surface area contributed by atoms with Gasteiger partial charge in [0, 0.05) is 47.9 Å². The van der Waals surface area contributed by atoms with E-state index in [-0.39, 0.29) is 70.2 Å². The molecule has 0 bridgehead atoms. The highest BCUT2D eigenvalue weighted by Gasteiger charge is 2.23. The van der Waals surface area contributed by atoms with Crippen molar-refractivity contribution in [3.8, 4) is 0 Å². The number of ketones is 4. The summed E-state index contributed by atoms with van der Waals surface area (Å²) in [6, 6.07) is 0. The third-order valence-electron chi connectivity index (χ3n) is 5.78. The van der Waals surface area contributed by atoms with Crippen LogP contribution in [0.25, 0.3) is 0 Å². The molecule has 0 unspecified atom stereocenters. The minimum Gasteiger partial charge on any atom is -0.348 e. The van der Waals surface area contributed by atoms with Gasteiger partial charge in [0.05, 0.1) is 12.4 Å². The summed E-state index contributed by atoms with van der Waals surface area (Å²) in [6.45, 7) is 36.0. The normalized spacial score (nSPS) is 11.2. The molecule has 9 nitrogen and oxygen atoms in total. The van der Waals surface area contributed by atoms with Crippen LogP contribution in [-0.2, 0) is 28.8 Å². The monoisotopic (exact) mass is 726 g/mol. The third-order valence-corrected chi connectivity index (χ3v) is 6.05. The molecule has 0 rings (SSSR count). The van der Waals surface area contributed by atoms with Crippen molar-refractivity contribution in [1.29, 1.82) is 0 Å². The van der Waals surface area contributed by atoms with Crippen molar-refractivity contribution in [2.45, 2.75) is 109 Å². The standard InChI is InChI=1S/C10H20N2O.C10H17NO2.C8H14O.C7H12O.C5H9ClO/c1-10(2,3)11-9(13)7-6-8-12(4)5;1-6-9(13)11(5)7-8(12)10(2,3)4;1-5-6-7(9)8(2,3)4;1-5(2)7(8)6(3)4;1-4(2)5(7)3-6/h6-7H,8H2,1-5H3,(H,11,13);6H,1,7H2,2-5H3;5-6H,1-4H3;6H,1H2,2-4H3;4H,3H2,1-2H3/b7-6+;;6-5+;;. The molecule has 0 atom stereocenters. The second-order valence-corrected chi connectivity index (χ2v) is 15.9. The summed E-state index contributed by atoms with van der Waals surface area (Å²) in [5.41, 5.74) is -0.109. The van der Waals surface area contributed by atoms with E-state index >= 15 is 0 Å². The molecule has 0 aliphatic carbocycles. The number of allylic oxidation sites excluding steroid dienone is 3. The lowest BCUT2D eigenvalue weighted by molar-refractivity contribution is -0.133. The molecule has 0 aliphatic rings. The van der Waals surface area contributed by atoms with E-state index < -0.39 is 5.41 Å². The number of nitrogens with zero attached hydrogens (tertiary/aromatic N) is 2. The Hall–Kier alpha value is -3.17. The van der Waals surface area contributed by atoms with E-state index in [4.69, 9.17) is 11.6 Å². The molecular formula is C40H72ClN3O6. The lowest BCUT2D eigenvalue weighted by Gasteiger charge is -2.21. The summed E-state index contributed by atoms with van der Waals surface area (Å²) >= 11 is 5.20. The molecule has 0 aliphatic heterocycles. The summed E-state index contributed by atoms with van der Waals surface area (Å²) in [6.07, 6.45) is 8.01. The zero-order valence-electron chi connectivity index (χ0n) is 34.8. The Morgan fingerprint density at radius 2 is 1.26 bits per heavy atom. The second kappa shape index (κ2) is 28.5. The van der Waals surface area contributed by atoms with Crippen LogP contribution in [0.5, 0.6) is 0 Å². The molecule has 0 saturated heterocycles. The van der Waals surface area contributed by atoms with Crippen LogP contribution >= 0.6 is 11.6 Å². The highest BCUT2D eigenvalue weighted by atomic mass is 35.5. The van der Waals surface area contributed by atoms with Gasteiger partial charge in [0.1, 0.15) is 5.78 Å². The van der Waals surface area contributed by atoms with E-state index in [0.29, 0.717) is 5.57 Å². The number of amides is 2. The number of rotatable bonds is 11. The first-order valence-corrected chi connectivity index (χ1v) is 17.3. The zero-order chi connectivity index (χ0) is 41.2. The quantitative estimate of drug-likeness (QED) is 0.171. The Balaban J connectivity index is -0.000000172. The van der Waals surface area contributed by atoms with Gasteiger partial charge < -0.3 is 15.1 Å². The first-order valence-electron chi connectivity index (χ1n) is 16.8. The molecule has 10 heteroatoms. The van der Waals surface area contributed by atoms with Gasteiger partial charge in [-0.2, -0.15) is 0 Å². The van der Waals surface area contributed by atoms with Crippen molar-refractivity contribution in [3.63, 3.8) is 0 Å². The minimum absolute atomic E-state index is 0.0330. The number of alkyl halides is 1. The summed E-state index contributed by atoms with van der Waals surface area (Å²) in [5, 5.41) is 2.85. The predicted octanol–water partition coefficient (Wildman–Crippen LogP) is 7.68. The van der Waals surface area contributed by atoms with Gasteiger partial charge in [-0.1, -0.05) is 94.5 Å². The van der Waals surface area contributed by atoms with Crippen molar-refractivity contribution >= 4 is 46.5 Å². The predicted molar refractivity (Wildman–Crippen MR) is 212 cm³/mol. The van der Waals surface area contributed by atoms with Crippen molar-refractivity contribution in [3.05, 3.63) is 49.1 Å². The largest absolute Gasteiger partial charge is 0.348 e. The van der Waals surface area contributed by atoms with E-state index in [0.717, 1.165) is 6.54 Å². The van der Waals surface area contributed by atoms with E-state index in [2.05, 4.69) is 18.5 Å². The van der Waals surface area contributed by atoms with E-state index in [1.165, 1.54) is 11.0 Å². The molecule has 0 fully saturated rings. The Bertz CT molecular complexity index is 1130. The number of Topliss-reactive ketones (excluding diaryl/α,β-unsaturated/α-hetero) is 3. The average molecular weight is 726 g/mol. The van der Waals surface area contributed by atoms with Crippen LogP contribution in [0.3, 0.4) is 0 Å². The van der Waals surface area contributed by atoms with Gasteiger partial charge in [-0.3, -0.25) is 28.8 Å². The summed E-state index contributed by atoms with van der Waals surface area (Å²) in [4.78, 5) is 69.2. The Morgan fingerprint density at radius 3 is 1.46 bits per heavy atom. The van der Waals surface area contributed by atoms with Crippen LogP contribution in [-0.4, -0.2) is 90.4 Å². The number of carbonyl (C=O) groups excluding carboxylic acids is 6. The highest BCUT2D eigenvalue weighted by molar-refractivity contribution is 6.27. The number of likely N-dealkylation sites (N-methyl/N-ethyl adjacent to an activating group) is 2. The van der Waals surface area contributed by atoms with Gasteiger partial charge in [0.25, 0.3) is 0 Å². The van der Waals surface area contributed by atoms with Crippen LogP contribution < -0.4 is 5.32 Å². The maximum atomic E-state index is 11.5. The Kier molecular flexibility index (Phi) is 32.1. The fourth-order valence-electron chi connectivity index (χ4n) is 2.52. The number of nitrogens with one attached hydrogen (secondary N) is 1. The summed E-state index contributed by atoms with van der Waals surface area (Å²) < 4.78 is 0. The summed E-state index contributed by atoms with van der Waals surface area (Å²) in [7, 11) is 5.52. The molecule has 0 spiro atoms. The van der Waals surface area contributed by atoms with Crippen molar-refractivity contribution in [1.82, 2.24) is 15.1 Å². The first kappa shape index (κ1) is 56.2. The average Bonchev–Trinajstić information content (AvgIpc) is 2.94. The zero-order valence-corrected chi connectivity index (χ0v) is 35.6. The van der Waals surface area contributed by atoms with Gasteiger partial charge in [-0.25, -0.2) is 0 Å². The van der Waals surface area contributed by atoms with Crippen LogP contribution in [0.15, 0.2) is 49.1 Å². The van der Waals surface area contributed by atoms with Gasteiger partial charge in [-0.15, -0.1) is 11.6 Å². The van der Waals surface area contributed by atoms with Crippen LogP contribution in [0.1, 0.15) is 104 Å². The Morgan fingerprint density at radius 1 is 0.800 bits per heavy atom. The highest BCUT2D eigenvalue weighted by Crippen LogP contribution is 2.15. The lowest BCUT2D eigenvalue weighted by atomic mass is 9.90. The molecule has 0 aromatic carbocycles. The molecule has 0 aromatic heterocycles. The van der Waals surface area contributed by atoms with Crippen molar-refractivity contribution in [2.24, 2.45) is 22.7 Å². The number of carbonyl (C=O) groups is 6.